The number of phenols is 1. The molecule has 9 heteroatoms. The van der Waals surface area contributed by atoms with Crippen LogP contribution in [-0.2, 0) is 17.9 Å². The van der Waals surface area contributed by atoms with E-state index in [1.165, 1.54) is 6.07 Å². The predicted molar refractivity (Wildman–Crippen MR) is 89.1 cm³/mol. The number of phenolic OH excluding ortho intramolecular Hbond substituents is 1. The lowest BCUT2D eigenvalue weighted by Crippen LogP contribution is -2.44. The van der Waals surface area contributed by atoms with Gasteiger partial charge in [0, 0.05) is 25.6 Å². The van der Waals surface area contributed by atoms with E-state index in [9.17, 15) is 19.4 Å². The Kier molecular flexibility index (Phi) is 5.48. The molecular formula is C17H21FN4O4. The van der Waals surface area contributed by atoms with Crippen molar-refractivity contribution in [2.45, 2.75) is 38.0 Å². The van der Waals surface area contributed by atoms with Crippen LogP contribution in [0.4, 0.5) is 4.39 Å². The number of nitrogens with one attached hydrogen (secondary N) is 1. The zero-order valence-corrected chi connectivity index (χ0v) is 14.4. The van der Waals surface area contributed by atoms with Gasteiger partial charge in [-0.25, -0.2) is 4.39 Å². The van der Waals surface area contributed by atoms with Gasteiger partial charge in [-0.3, -0.25) is 4.79 Å². The number of methoxy groups -OCH3 is 1. The quantitative estimate of drug-likeness (QED) is 0.675. The summed E-state index contributed by atoms with van der Waals surface area (Å²) in [5, 5.41) is 29.7. The van der Waals surface area contributed by atoms with Crippen LogP contribution in [0.3, 0.4) is 0 Å². The Morgan fingerprint density at radius 3 is 2.88 bits per heavy atom. The maximum atomic E-state index is 13.7. The predicted octanol–water partition coefficient (Wildman–Crippen LogP) is 0.937. The van der Waals surface area contributed by atoms with Gasteiger partial charge in [0.1, 0.15) is 24.0 Å². The molecule has 0 bridgehead atoms. The van der Waals surface area contributed by atoms with E-state index in [0.29, 0.717) is 31.8 Å². The zero-order valence-electron chi connectivity index (χ0n) is 14.4. The molecule has 0 spiro atoms. The molecule has 0 unspecified atom stereocenters. The van der Waals surface area contributed by atoms with Gasteiger partial charge in [-0.2, -0.15) is 0 Å². The lowest BCUT2D eigenvalue weighted by atomic mass is 9.79. The Bertz CT molecular complexity index is 789. The summed E-state index contributed by atoms with van der Waals surface area (Å²) in [4.78, 5) is 12.2. The van der Waals surface area contributed by atoms with E-state index >= 15 is 0 Å². The first-order chi connectivity index (χ1) is 12.5. The van der Waals surface area contributed by atoms with Gasteiger partial charge in [-0.05, 0) is 31.0 Å². The molecule has 1 amide bonds. The fourth-order valence-corrected chi connectivity index (χ4v) is 3.09. The van der Waals surface area contributed by atoms with Crippen molar-refractivity contribution in [3.05, 3.63) is 41.2 Å². The van der Waals surface area contributed by atoms with Crippen LogP contribution >= 0.6 is 0 Å². The van der Waals surface area contributed by atoms with Crippen molar-refractivity contribution >= 4 is 5.91 Å². The minimum absolute atomic E-state index is 0.0963. The summed E-state index contributed by atoms with van der Waals surface area (Å²) in [5.41, 5.74) is -0.181. The minimum Gasteiger partial charge on any atom is -0.508 e. The number of carbonyl (C=O) groups is 1. The average molecular weight is 364 g/mol. The molecule has 1 aromatic heterocycles. The topological polar surface area (TPSA) is 110 Å². The summed E-state index contributed by atoms with van der Waals surface area (Å²) >= 11 is 0. The molecule has 1 saturated carbocycles. The van der Waals surface area contributed by atoms with Crippen LogP contribution < -0.4 is 5.32 Å². The second kappa shape index (κ2) is 7.79. The molecule has 1 aliphatic rings. The fourth-order valence-electron chi connectivity index (χ4n) is 3.09. The van der Waals surface area contributed by atoms with Gasteiger partial charge in [0.25, 0.3) is 5.91 Å². The van der Waals surface area contributed by atoms with E-state index in [-0.39, 0.29) is 29.9 Å². The molecule has 0 atom stereocenters. The SMILES string of the molecule is COCCn1c(CO)nnc1C1CC(NC(=O)c2cc(O)ccc2F)C1. The van der Waals surface area contributed by atoms with Crippen molar-refractivity contribution in [2.24, 2.45) is 0 Å². The Morgan fingerprint density at radius 2 is 2.19 bits per heavy atom. The van der Waals surface area contributed by atoms with Gasteiger partial charge < -0.3 is 24.8 Å². The Labute approximate surface area is 149 Å². The molecule has 0 saturated heterocycles. The summed E-state index contributed by atoms with van der Waals surface area (Å²) in [5.74, 6) is -0.0712. The first kappa shape index (κ1) is 18.3. The van der Waals surface area contributed by atoms with Crippen LogP contribution in [-0.4, -0.2) is 50.6 Å². The number of amides is 1. The molecule has 2 aromatic rings. The number of hydrogen-bond donors (Lipinski definition) is 3. The van der Waals surface area contributed by atoms with Crippen molar-refractivity contribution in [1.82, 2.24) is 20.1 Å². The summed E-state index contributed by atoms with van der Waals surface area (Å²) in [6.45, 7) is 0.804. The number of aliphatic hydroxyl groups excluding tert-OH is 1. The highest BCUT2D eigenvalue weighted by atomic mass is 19.1. The number of ether oxygens (including phenoxy) is 1. The third kappa shape index (κ3) is 3.68. The first-order valence-electron chi connectivity index (χ1n) is 8.34. The van der Waals surface area contributed by atoms with Gasteiger partial charge in [-0.1, -0.05) is 0 Å². The molecule has 140 valence electrons. The lowest BCUT2D eigenvalue weighted by Gasteiger charge is -2.35. The Balaban J connectivity index is 1.61. The normalized spacial score (nSPS) is 19.2. The minimum atomic E-state index is -0.678. The van der Waals surface area contributed by atoms with Crippen molar-refractivity contribution < 1.29 is 24.1 Å². The maximum Gasteiger partial charge on any atom is 0.254 e. The highest BCUT2D eigenvalue weighted by molar-refractivity contribution is 5.95. The van der Waals surface area contributed by atoms with E-state index in [0.717, 1.165) is 18.0 Å². The van der Waals surface area contributed by atoms with Crippen LogP contribution in [0.5, 0.6) is 5.75 Å². The van der Waals surface area contributed by atoms with Crippen LogP contribution in [0.15, 0.2) is 18.2 Å². The van der Waals surface area contributed by atoms with Crippen LogP contribution in [0.1, 0.15) is 40.8 Å². The van der Waals surface area contributed by atoms with E-state index in [1.807, 2.05) is 4.57 Å². The smallest absolute Gasteiger partial charge is 0.254 e. The fraction of sp³-hybridized carbons (Fsp3) is 0.471. The molecule has 8 nitrogen and oxygen atoms in total. The van der Waals surface area contributed by atoms with Crippen LogP contribution in [0, 0.1) is 5.82 Å². The molecule has 0 aliphatic heterocycles. The molecule has 1 aromatic carbocycles. The summed E-state index contributed by atoms with van der Waals surface area (Å²) in [6.07, 6.45) is 1.28. The molecule has 26 heavy (non-hydrogen) atoms. The average Bonchev–Trinajstić information content (AvgIpc) is 3.00. The van der Waals surface area contributed by atoms with E-state index < -0.39 is 11.7 Å². The van der Waals surface area contributed by atoms with Gasteiger partial charge in [0.05, 0.1) is 12.2 Å². The largest absolute Gasteiger partial charge is 0.508 e. The lowest BCUT2D eigenvalue weighted by molar-refractivity contribution is 0.0901. The molecule has 3 rings (SSSR count). The Hall–Kier alpha value is -2.52. The molecule has 0 radical (unpaired) electrons. The zero-order chi connectivity index (χ0) is 18.7. The molecule has 1 aliphatic carbocycles. The third-order valence-corrected chi connectivity index (χ3v) is 4.55. The van der Waals surface area contributed by atoms with Crippen molar-refractivity contribution in [3.8, 4) is 5.75 Å². The van der Waals surface area contributed by atoms with Crippen molar-refractivity contribution in [3.63, 3.8) is 0 Å². The molecule has 3 N–H and O–H groups in total. The number of rotatable bonds is 7. The highest BCUT2D eigenvalue weighted by Crippen LogP contribution is 2.36. The van der Waals surface area contributed by atoms with Gasteiger partial charge in [0.2, 0.25) is 0 Å². The number of aromatic hydroxyl groups is 1. The Morgan fingerprint density at radius 1 is 1.42 bits per heavy atom. The molecule has 1 fully saturated rings. The standard InChI is InChI=1S/C17H21FN4O4/c1-26-5-4-22-15(9-23)20-21-16(22)10-6-11(7-10)19-17(25)13-8-12(24)2-3-14(13)18/h2-3,8,10-11,23-24H,4-7,9H2,1H3,(H,19,25). The van der Waals surface area contributed by atoms with Gasteiger partial charge in [-0.15, -0.1) is 10.2 Å². The number of aliphatic hydroxyl groups is 1. The monoisotopic (exact) mass is 364 g/mol. The third-order valence-electron chi connectivity index (χ3n) is 4.55. The van der Waals surface area contributed by atoms with Crippen LogP contribution in [0.25, 0.3) is 0 Å². The van der Waals surface area contributed by atoms with Gasteiger partial charge >= 0.3 is 0 Å². The van der Waals surface area contributed by atoms with Gasteiger partial charge in [0.15, 0.2) is 5.82 Å². The molecular weight excluding hydrogens is 343 g/mol. The number of hydrogen-bond acceptors (Lipinski definition) is 6. The number of nitrogens with zero attached hydrogens (tertiary/aromatic N) is 3. The van der Waals surface area contributed by atoms with Crippen molar-refractivity contribution in [1.29, 1.82) is 0 Å². The maximum absolute atomic E-state index is 13.7. The number of aromatic nitrogens is 3. The molecule has 1 heterocycles. The highest BCUT2D eigenvalue weighted by Gasteiger charge is 2.35. The van der Waals surface area contributed by atoms with Crippen LogP contribution in [0.2, 0.25) is 0 Å². The number of halogens is 1. The summed E-state index contributed by atoms with van der Waals surface area (Å²) in [7, 11) is 1.60. The summed E-state index contributed by atoms with van der Waals surface area (Å²) < 4.78 is 20.6. The second-order valence-electron chi connectivity index (χ2n) is 6.28. The van der Waals surface area contributed by atoms with E-state index in [4.69, 9.17) is 4.74 Å². The number of benzene rings is 1. The van der Waals surface area contributed by atoms with Crippen molar-refractivity contribution in [2.75, 3.05) is 13.7 Å². The summed E-state index contributed by atoms with van der Waals surface area (Å²) in [6, 6.07) is 3.24. The van der Waals surface area contributed by atoms with E-state index in [1.54, 1.807) is 7.11 Å². The van der Waals surface area contributed by atoms with E-state index in [2.05, 4.69) is 15.5 Å². The number of carbonyl (C=O) groups excluding carboxylic acids is 1. The first-order valence-corrected chi connectivity index (χ1v) is 8.34. The second-order valence-corrected chi connectivity index (χ2v) is 6.28.